The molecule has 1 aromatic carbocycles. The molecule has 0 aliphatic carbocycles. The molecule has 3 N–H and O–H groups in total. The summed E-state index contributed by atoms with van der Waals surface area (Å²) in [7, 11) is 0. The quantitative estimate of drug-likeness (QED) is 0.823. The molecule has 0 aliphatic heterocycles. The summed E-state index contributed by atoms with van der Waals surface area (Å²) < 4.78 is 0.686. The van der Waals surface area contributed by atoms with Gasteiger partial charge >= 0.3 is 0 Å². The molecule has 1 aromatic rings. The van der Waals surface area contributed by atoms with Crippen LogP contribution in [0.15, 0.2) is 58.4 Å². The zero-order valence-corrected chi connectivity index (χ0v) is 9.74. The maximum atomic E-state index is 5.79. The number of anilines is 1. The van der Waals surface area contributed by atoms with E-state index in [-0.39, 0.29) is 0 Å². The topological polar surface area (TPSA) is 50.4 Å². The highest BCUT2D eigenvalue weighted by Gasteiger charge is 1.96. The van der Waals surface area contributed by atoms with E-state index in [4.69, 9.17) is 5.73 Å². The Kier molecular flexibility index (Phi) is 4.63. The molecule has 0 atom stereocenters. The number of rotatable bonds is 4. The van der Waals surface area contributed by atoms with Crippen LogP contribution in [0.2, 0.25) is 0 Å². The first-order valence-electron chi connectivity index (χ1n) is 4.35. The highest BCUT2D eigenvalue weighted by Crippen LogP contribution is 2.11. The lowest BCUT2D eigenvalue weighted by Crippen LogP contribution is -2.11. The van der Waals surface area contributed by atoms with E-state index >= 15 is 0 Å². The van der Waals surface area contributed by atoms with Crippen LogP contribution in [-0.2, 0) is 0 Å². The van der Waals surface area contributed by atoms with Crippen LogP contribution in [0.25, 0.3) is 0 Å². The van der Waals surface area contributed by atoms with Gasteiger partial charge in [0.1, 0.15) is 5.82 Å². The van der Waals surface area contributed by atoms with Gasteiger partial charge in [0.25, 0.3) is 0 Å². The predicted octanol–water partition coefficient (Wildman–Crippen LogP) is 2.84. The van der Waals surface area contributed by atoms with Crippen molar-refractivity contribution in [2.24, 2.45) is 10.7 Å². The Morgan fingerprint density at radius 1 is 1.40 bits per heavy atom. The molecule has 0 saturated heterocycles. The second-order valence-electron chi connectivity index (χ2n) is 2.71. The van der Waals surface area contributed by atoms with Gasteiger partial charge in [0.2, 0.25) is 0 Å². The van der Waals surface area contributed by atoms with Gasteiger partial charge in [-0.05, 0) is 28.1 Å². The number of nitrogens with one attached hydrogen (secondary N) is 1. The van der Waals surface area contributed by atoms with Gasteiger partial charge in [-0.1, -0.05) is 24.8 Å². The van der Waals surface area contributed by atoms with Crippen molar-refractivity contribution < 1.29 is 0 Å². The fraction of sp³-hybridized carbons (Fsp3) is 0. The van der Waals surface area contributed by atoms with Crippen LogP contribution in [0.4, 0.5) is 5.69 Å². The Hall–Kier alpha value is -1.55. The number of hydrogen-bond acceptors (Lipinski definition) is 3. The van der Waals surface area contributed by atoms with Crippen molar-refractivity contribution in [3.8, 4) is 0 Å². The van der Waals surface area contributed by atoms with Crippen LogP contribution in [0.1, 0.15) is 0 Å². The van der Waals surface area contributed by atoms with Gasteiger partial charge in [-0.3, -0.25) is 4.99 Å². The smallest absolute Gasteiger partial charge is 0.117 e. The third-order valence-corrected chi connectivity index (χ3v) is 2.24. The van der Waals surface area contributed by atoms with E-state index < -0.39 is 0 Å². The van der Waals surface area contributed by atoms with E-state index in [2.05, 4.69) is 32.8 Å². The lowest BCUT2D eigenvalue weighted by molar-refractivity contribution is 1.31. The minimum Gasteiger partial charge on any atom is -0.384 e. The van der Waals surface area contributed by atoms with E-state index in [1.165, 1.54) is 6.20 Å². The van der Waals surface area contributed by atoms with Crippen molar-refractivity contribution in [2.45, 2.75) is 0 Å². The second-order valence-corrected chi connectivity index (χ2v) is 3.57. The Morgan fingerprint density at radius 2 is 2.07 bits per heavy atom. The molecule has 0 radical (unpaired) electrons. The van der Waals surface area contributed by atoms with E-state index in [1.807, 2.05) is 30.3 Å². The lowest BCUT2D eigenvalue weighted by atomic mass is 10.3. The molecule has 0 fully saturated rings. The average molecular weight is 266 g/mol. The molecule has 0 amide bonds. The number of nitrogens with zero attached hydrogens (tertiary/aromatic N) is 1. The molecule has 78 valence electrons. The third kappa shape index (κ3) is 3.99. The lowest BCUT2D eigenvalue weighted by Gasteiger charge is -2.06. The van der Waals surface area contributed by atoms with Gasteiger partial charge in [-0.25, -0.2) is 0 Å². The van der Waals surface area contributed by atoms with E-state index in [1.54, 1.807) is 6.21 Å². The van der Waals surface area contributed by atoms with Crippen LogP contribution >= 0.6 is 15.9 Å². The molecule has 0 bridgehead atoms. The summed E-state index contributed by atoms with van der Waals surface area (Å²) in [5, 5.41) is 3.04. The van der Waals surface area contributed by atoms with Gasteiger partial charge < -0.3 is 11.1 Å². The molecule has 1 rings (SSSR count). The zero-order valence-electron chi connectivity index (χ0n) is 8.15. The SMILES string of the molecule is C=C/N=C\C(Br)=C(/N)Nc1ccccc1. The number of para-hydroxylation sites is 1. The van der Waals surface area contributed by atoms with Gasteiger partial charge in [-0.15, -0.1) is 0 Å². The maximum Gasteiger partial charge on any atom is 0.117 e. The predicted molar refractivity (Wildman–Crippen MR) is 68.9 cm³/mol. The summed E-state index contributed by atoms with van der Waals surface area (Å²) in [6.45, 7) is 3.47. The van der Waals surface area contributed by atoms with Crippen molar-refractivity contribution in [1.82, 2.24) is 0 Å². The fourth-order valence-corrected chi connectivity index (χ4v) is 1.14. The van der Waals surface area contributed by atoms with Crippen molar-refractivity contribution in [2.75, 3.05) is 5.32 Å². The Labute approximate surface area is 97.5 Å². The van der Waals surface area contributed by atoms with E-state index in [0.717, 1.165) is 5.69 Å². The molecule has 0 saturated carbocycles. The van der Waals surface area contributed by atoms with Crippen molar-refractivity contribution in [3.63, 3.8) is 0 Å². The largest absolute Gasteiger partial charge is 0.384 e. The van der Waals surface area contributed by atoms with Crippen LogP contribution in [0.3, 0.4) is 0 Å². The molecular weight excluding hydrogens is 254 g/mol. The molecule has 0 spiro atoms. The van der Waals surface area contributed by atoms with E-state index in [9.17, 15) is 0 Å². The van der Waals surface area contributed by atoms with Gasteiger partial charge in [-0.2, -0.15) is 0 Å². The number of halogens is 1. The minimum absolute atomic E-state index is 0.506. The summed E-state index contributed by atoms with van der Waals surface area (Å²) in [6.07, 6.45) is 3.02. The first-order chi connectivity index (χ1) is 7.24. The van der Waals surface area contributed by atoms with Gasteiger partial charge in [0.05, 0.1) is 4.48 Å². The van der Waals surface area contributed by atoms with E-state index in [0.29, 0.717) is 10.3 Å². The minimum atomic E-state index is 0.506. The molecule has 0 aliphatic rings. The van der Waals surface area contributed by atoms with Gasteiger partial charge in [0.15, 0.2) is 0 Å². The normalized spacial score (nSPS) is 12.3. The molecule has 15 heavy (non-hydrogen) atoms. The Balaban J connectivity index is 2.74. The molecular formula is C11H12BrN3. The summed E-state index contributed by atoms with van der Waals surface area (Å²) >= 11 is 3.30. The highest BCUT2D eigenvalue weighted by molar-refractivity contribution is 9.12. The number of allylic oxidation sites excluding steroid dienone is 1. The molecule has 0 aromatic heterocycles. The highest BCUT2D eigenvalue weighted by atomic mass is 79.9. The van der Waals surface area contributed by atoms with Crippen LogP contribution in [0.5, 0.6) is 0 Å². The number of benzene rings is 1. The van der Waals surface area contributed by atoms with Crippen molar-refractivity contribution in [1.29, 1.82) is 0 Å². The summed E-state index contributed by atoms with van der Waals surface area (Å²) in [5.41, 5.74) is 6.72. The molecule has 0 unspecified atom stereocenters. The Morgan fingerprint density at radius 3 is 2.67 bits per heavy atom. The first-order valence-corrected chi connectivity index (χ1v) is 5.14. The van der Waals surface area contributed by atoms with Crippen LogP contribution < -0.4 is 11.1 Å². The second kappa shape index (κ2) is 6.03. The van der Waals surface area contributed by atoms with Gasteiger partial charge in [0, 0.05) is 18.1 Å². The summed E-state index contributed by atoms with van der Waals surface area (Å²) in [4.78, 5) is 3.85. The van der Waals surface area contributed by atoms with Crippen molar-refractivity contribution in [3.05, 3.63) is 53.4 Å². The monoisotopic (exact) mass is 265 g/mol. The van der Waals surface area contributed by atoms with Crippen LogP contribution in [0, 0.1) is 0 Å². The molecule has 0 heterocycles. The van der Waals surface area contributed by atoms with Crippen molar-refractivity contribution >= 4 is 27.8 Å². The standard InChI is InChI=1S/C11H12BrN3/c1-2-14-8-10(12)11(13)15-9-6-4-3-5-7-9/h2-8,15H,1,13H2/b11-10-,14-8-. The third-order valence-electron chi connectivity index (χ3n) is 1.60. The molecule has 3 nitrogen and oxygen atoms in total. The number of aliphatic imine (C=N–C) groups is 1. The maximum absolute atomic E-state index is 5.79. The summed E-state index contributed by atoms with van der Waals surface area (Å²) in [6, 6.07) is 9.66. The summed E-state index contributed by atoms with van der Waals surface area (Å²) in [5.74, 6) is 0.506. The zero-order chi connectivity index (χ0) is 11.1. The Bertz CT molecular complexity index is 382. The average Bonchev–Trinajstić information content (AvgIpc) is 2.27. The van der Waals surface area contributed by atoms with Crippen LogP contribution in [-0.4, -0.2) is 6.21 Å². The number of hydrogen-bond donors (Lipinski definition) is 2. The number of nitrogens with two attached hydrogens (primary N) is 1. The molecule has 4 heteroatoms. The first kappa shape index (κ1) is 11.5. The fourth-order valence-electron chi connectivity index (χ4n) is 0.924.